The number of amides is 1. The van der Waals surface area contributed by atoms with Crippen LogP contribution in [0, 0.1) is 11.8 Å². The predicted molar refractivity (Wildman–Crippen MR) is 68.6 cm³/mol. The number of methoxy groups -OCH3 is 1. The Morgan fingerprint density at radius 1 is 1.53 bits per heavy atom. The molecule has 100 valence electrons. The molecule has 3 unspecified atom stereocenters. The molecule has 1 aliphatic rings. The molecule has 4 nitrogen and oxygen atoms in total. The molecular formula is C13H26N2O2. The Labute approximate surface area is 104 Å². The van der Waals surface area contributed by atoms with E-state index in [0.717, 1.165) is 12.5 Å². The van der Waals surface area contributed by atoms with Gasteiger partial charge in [-0.15, -0.1) is 0 Å². The van der Waals surface area contributed by atoms with Crippen LogP contribution in [0.25, 0.3) is 0 Å². The van der Waals surface area contributed by atoms with Crippen LogP contribution >= 0.6 is 0 Å². The minimum Gasteiger partial charge on any atom is -0.380 e. The van der Waals surface area contributed by atoms with Crippen LogP contribution in [-0.4, -0.2) is 32.2 Å². The SMILES string of the molecule is COC(CN)CC(=O)NCC1CCCC(C)C1. The van der Waals surface area contributed by atoms with Crippen molar-refractivity contribution in [3.63, 3.8) is 0 Å². The molecule has 1 saturated carbocycles. The van der Waals surface area contributed by atoms with Crippen molar-refractivity contribution in [3.8, 4) is 0 Å². The number of carbonyl (C=O) groups is 1. The van der Waals surface area contributed by atoms with Gasteiger partial charge >= 0.3 is 0 Å². The Bertz CT molecular complexity index is 229. The molecule has 4 heteroatoms. The van der Waals surface area contributed by atoms with E-state index in [2.05, 4.69) is 12.2 Å². The van der Waals surface area contributed by atoms with Gasteiger partial charge in [0, 0.05) is 20.2 Å². The number of ether oxygens (including phenoxy) is 1. The van der Waals surface area contributed by atoms with Gasteiger partial charge < -0.3 is 15.8 Å². The van der Waals surface area contributed by atoms with E-state index >= 15 is 0 Å². The first-order chi connectivity index (χ1) is 8.15. The van der Waals surface area contributed by atoms with E-state index in [0.29, 0.717) is 18.9 Å². The largest absolute Gasteiger partial charge is 0.380 e. The van der Waals surface area contributed by atoms with Crippen LogP contribution in [0.3, 0.4) is 0 Å². The number of hydrogen-bond acceptors (Lipinski definition) is 3. The summed E-state index contributed by atoms with van der Waals surface area (Å²) in [6.45, 7) is 3.50. The van der Waals surface area contributed by atoms with Crippen LogP contribution in [0.5, 0.6) is 0 Å². The lowest BCUT2D eigenvalue weighted by atomic mass is 9.82. The van der Waals surface area contributed by atoms with Crippen molar-refractivity contribution in [2.45, 2.75) is 45.1 Å². The second kappa shape index (κ2) is 7.67. The molecule has 1 aliphatic carbocycles. The third-order valence-electron chi connectivity index (χ3n) is 3.64. The van der Waals surface area contributed by atoms with Crippen LogP contribution in [0.4, 0.5) is 0 Å². The molecule has 17 heavy (non-hydrogen) atoms. The van der Waals surface area contributed by atoms with Crippen molar-refractivity contribution in [2.75, 3.05) is 20.2 Å². The highest BCUT2D eigenvalue weighted by Crippen LogP contribution is 2.27. The minimum atomic E-state index is -0.153. The van der Waals surface area contributed by atoms with E-state index in [1.54, 1.807) is 7.11 Å². The van der Waals surface area contributed by atoms with Gasteiger partial charge in [0.1, 0.15) is 0 Å². The monoisotopic (exact) mass is 242 g/mol. The first-order valence-corrected chi connectivity index (χ1v) is 6.65. The molecule has 0 radical (unpaired) electrons. The van der Waals surface area contributed by atoms with E-state index in [1.807, 2.05) is 0 Å². The fourth-order valence-electron chi connectivity index (χ4n) is 2.55. The molecule has 0 aromatic carbocycles. The molecule has 3 N–H and O–H groups in total. The topological polar surface area (TPSA) is 64.3 Å². The molecule has 0 bridgehead atoms. The number of rotatable bonds is 6. The average Bonchev–Trinajstić information content (AvgIpc) is 2.33. The van der Waals surface area contributed by atoms with E-state index in [9.17, 15) is 4.79 Å². The maximum Gasteiger partial charge on any atom is 0.222 e. The minimum absolute atomic E-state index is 0.0560. The molecule has 0 heterocycles. The normalized spacial score (nSPS) is 26.5. The highest BCUT2D eigenvalue weighted by molar-refractivity contribution is 5.76. The molecule has 3 atom stereocenters. The standard InChI is InChI=1S/C13H26N2O2/c1-10-4-3-5-11(6-10)9-15-13(16)7-12(8-14)17-2/h10-12H,3-9,14H2,1-2H3,(H,15,16). The Morgan fingerprint density at radius 2 is 2.29 bits per heavy atom. The molecule has 0 spiro atoms. The van der Waals surface area contributed by atoms with Gasteiger partial charge in [-0.05, 0) is 24.7 Å². The fourth-order valence-corrected chi connectivity index (χ4v) is 2.55. The Hall–Kier alpha value is -0.610. The summed E-state index contributed by atoms with van der Waals surface area (Å²) in [5, 5.41) is 3.00. The highest BCUT2D eigenvalue weighted by atomic mass is 16.5. The van der Waals surface area contributed by atoms with Crippen molar-refractivity contribution in [3.05, 3.63) is 0 Å². The van der Waals surface area contributed by atoms with Gasteiger partial charge in [-0.2, -0.15) is 0 Å². The van der Waals surface area contributed by atoms with Gasteiger partial charge in [0.25, 0.3) is 0 Å². The zero-order valence-corrected chi connectivity index (χ0v) is 11.1. The lowest BCUT2D eigenvalue weighted by molar-refractivity contribution is -0.123. The molecule has 1 fully saturated rings. The van der Waals surface area contributed by atoms with Crippen LogP contribution < -0.4 is 11.1 Å². The Balaban J connectivity index is 2.18. The van der Waals surface area contributed by atoms with Crippen molar-refractivity contribution >= 4 is 5.91 Å². The summed E-state index contributed by atoms with van der Waals surface area (Å²) in [6.07, 6.45) is 5.34. The summed E-state index contributed by atoms with van der Waals surface area (Å²) in [6, 6.07) is 0. The lowest BCUT2D eigenvalue weighted by Crippen LogP contribution is -2.35. The van der Waals surface area contributed by atoms with Gasteiger partial charge in [-0.1, -0.05) is 19.8 Å². The third-order valence-corrected chi connectivity index (χ3v) is 3.64. The van der Waals surface area contributed by atoms with Crippen LogP contribution in [0.2, 0.25) is 0 Å². The summed E-state index contributed by atoms with van der Waals surface area (Å²) in [7, 11) is 1.59. The first-order valence-electron chi connectivity index (χ1n) is 6.65. The van der Waals surface area contributed by atoms with Crippen molar-refractivity contribution in [1.29, 1.82) is 0 Å². The molecule has 1 rings (SSSR count). The van der Waals surface area contributed by atoms with E-state index in [1.165, 1.54) is 25.7 Å². The van der Waals surface area contributed by atoms with Gasteiger partial charge in [0.2, 0.25) is 5.91 Å². The van der Waals surface area contributed by atoms with E-state index < -0.39 is 0 Å². The molecule has 0 aromatic rings. The van der Waals surface area contributed by atoms with E-state index in [4.69, 9.17) is 10.5 Å². The Morgan fingerprint density at radius 3 is 2.88 bits per heavy atom. The second-order valence-electron chi connectivity index (χ2n) is 5.24. The molecular weight excluding hydrogens is 216 g/mol. The smallest absolute Gasteiger partial charge is 0.222 e. The number of carbonyl (C=O) groups excluding carboxylic acids is 1. The molecule has 0 aromatic heterocycles. The third kappa shape index (κ3) is 5.50. The first kappa shape index (κ1) is 14.5. The van der Waals surface area contributed by atoms with Gasteiger partial charge in [0.05, 0.1) is 12.5 Å². The lowest BCUT2D eigenvalue weighted by Gasteiger charge is -2.27. The van der Waals surface area contributed by atoms with E-state index in [-0.39, 0.29) is 12.0 Å². The molecule has 0 aliphatic heterocycles. The maximum atomic E-state index is 11.6. The summed E-state index contributed by atoms with van der Waals surface area (Å²) in [5.74, 6) is 1.52. The molecule has 1 amide bonds. The average molecular weight is 242 g/mol. The van der Waals surface area contributed by atoms with Crippen molar-refractivity contribution in [1.82, 2.24) is 5.32 Å². The summed E-state index contributed by atoms with van der Waals surface area (Å²) >= 11 is 0. The summed E-state index contributed by atoms with van der Waals surface area (Å²) < 4.78 is 5.09. The zero-order chi connectivity index (χ0) is 12.7. The van der Waals surface area contributed by atoms with Crippen LogP contribution in [0.1, 0.15) is 39.0 Å². The fraction of sp³-hybridized carbons (Fsp3) is 0.923. The molecule has 0 saturated heterocycles. The van der Waals surface area contributed by atoms with Gasteiger partial charge in [0.15, 0.2) is 0 Å². The van der Waals surface area contributed by atoms with Gasteiger partial charge in [-0.3, -0.25) is 4.79 Å². The van der Waals surface area contributed by atoms with Crippen molar-refractivity contribution in [2.24, 2.45) is 17.6 Å². The zero-order valence-electron chi connectivity index (χ0n) is 11.1. The maximum absolute atomic E-state index is 11.6. The van der Waals surface area contributed by atoms with Crippen LogP contribution in [0.15, 0.2) is 0 Å². The summed E-state index contributed by atoms with van der Waals surface area (Å²) in [4.78, 5) is 11.6. The van der Waals surface area contributed by atoms with Crippen LogP contribution in [-0.2, 0) is 9.53 Å². The second-order valence-corrected chi connectivity index (χ2v) is 5.24. The quantitative estimate of drug-likeness (QED) is 0.737. The Kier molecular flexibility index (Phi) is 6.52. The summed E-state index contributed by atoms with van der Waals surface area (Å²) in [5.41, 5.74) is 5.48. The highest BCUT2D eigenvalue weighted by Gasteiger charge is 2.19. The van der Waals surface area contributed by atoms with Crippen molar-refractivity contribution < 1.29 is 9.53 Å². The van der Waals surface area contributed by atoms with Gasteiger partial charge in [-0.25, -0.2) is 0 Å². The number of nitrogens with one attached hydrogen (secondary N) is 1. The number of hydrogen-bond donors (Lipinski definition) is 2. The number of nitrogens with two attached hydrogens (primary N) is 1. The predicted octanol–water partition coefficient (Wildman–Crippen LogP) is 1.29.